The molecule has 0 spiro atoms. The maximum absolute atomic E-state index is 12.5. The predicted octanol–water partition coefficient (Wildman–Crippen LogP) is 4.00. The molecule has 8 nitrogen and oxygen atoms in total. The molecule has 8 heteroatoms. The van der Waals surface area contributed by atoms with Crippen LogP contribution in [-0.4, -0.2) is 50.5 Å². The molecular weight excluding hydrogens is 410 g/mol. The lowest BCUT2D eigenvalue weighted by atomic mass is 9.65. The van der Waals surface area contributed by atoms with Gasteiger partial charge in [-0.1, -0.05) is 20.8 Å². The highest BCUT2D eigenvalue weighted by molar-refractivity contribution is 5.96. The quantitative estimate of drug-likeness (QED) is 0.515. The van der Waals surface area contributed by atoms with Gasteiger partial charge in [-0.15, -0.1) is 0 Å². The Morgan fingerprint density at radius 3 is 2.62 bits per heavy atom. The van der Waals surface area contributed by atoms with Gasteiger partial charge in [0.25, 0.3) is 0 Å². The van der Waals surface area contributed by atoms with Gasteiger partial charge in [0, 0.05) is 47.4 Å². The Labute approximate surface area is 187 Å². The molecule has 32 heavy (non-hydrogen) atoms. The smallest absolute Gasteiger partial charge is 0.325 e. The minimum absolute atomic E-state index is 0.107. The summed E-state index contributed by atoms with van der Waals surface area (Å²) in [5, 5.41) is 22.5. The van der Waals surface area contributed by atoms with Gasteiger partial charge in [-0.3, -0.25) is 19.3 Å². The molecular formula is C24H31N3O5. The van der Waals surface area contributed by atoms with E-state index in [1.165, 1.54) is 0 Å². The Morgan fingerprint density at radius 1 is 1.19 bits per heavy atom. The number of rotatable bonds is 7. The summed E-state index contributed by atoms with van der Waals surface area (Å²) in [5.41, 5.74) is 2.29. The first-order valence-corrected chi connectivity index (χ1v) is 11.1. The predicted molar refractivity (Wildman–Crippen MR) is 120 cm³/mol. The molecule has 2 heterocycles. The summed E-state index contributed by atoms with van der Waals surface area (Å²) >= 11 is 0. The van der Waals surface area contributed by atoms with Gasteiger partial charge in [0.2, 0.25) is 5.91 Å². The van der Waals surface area contributed by atoms with Gasteiger partial charge in [-0.05, 0) is 48.3 Å². The number of fused-ring (bicyclic) bond motifs is 3. The first kappa shape index (κ1) is 22.3. The number of amides is 1. The fraction of sp³-hybridized carbons (Fsp3) is 0.542. The number of hydrogen-bond acceptors (Lipinski definition) is 4. The van der Waals surface area contributed by atoms with Crippen LogP contribution in [-0.2, 0) is 14.4 Å². The molecule has 2 fully saturated rings. The van der Waals surface area contributed by atoms with Crippen molar-refractivity contribution in [3.05, 3.63) is 30.0 Å². The zero-order valence-electron chi connectivity index (χ0n) is 18.8. The number of aromatic nitrogens is 1. The van der Waals surface area contributed by atoms with Gasteiger partial charge in [-0.2, -0.15) is 0 Å². The number of hydrogen-bond donors (Lipinski definition) is 4. The molecule has 0 unspecified atom stereocenters. The van der Waals surface area contributed by atoms with Gasteiger partial charge in [-0.25, -0.2) is 0 Å². The number of carbonyl (C=O) groups is 3. The van der Waals surface area contributed by atoms with E-state index >= 15 is 0 Å². The highest BCUT2D eigenvalue weighted by atomic mass is 16.4. The molecule has 1 aliphatic carbocycles. The maximum atomic E-state index is 12.5. The lowest BCUT2D eigenvalue weighted by Gasteiger charge is -2.40. The molecule has 1 saturated heterocycles. The Bertz CT molecular complexity index is 1070. The minimum atomic E-state index is -1.03. The number of aromatic amines is 1. The first-order valence-electron chi connectivity index (χ1n) is 11.1. The molecule has 1 aromatic carbocycles. The molecule has 2 bridgehead atoms. The van der Waals surface area contributed by atoms with Crippen molar-refractivity contribution in [2.24, 2.45) is 10.8 Å². The topological polar surface area (TPSA) is 123 Å². The van der Waals surface area contributed by atoms with E-state index in [1.807, 2.05) is 0 Å². The normalized spacial score (nSPS) is 25.5. The Morgan fingerprint density at radius 2 is 1.94 bits per heavy atom. The van der Waals surface area contributed by atoms with Crippen LogP contribution in [0, 0.1) is 10.8 Å². The van der Waals surface area contributed by atoms with Crippen LogP contribution in [0.3, 0.4) is 0 Å². The van der Waals surface area contributed by atoms with Crippen molar-refractivity contribution in [2.45, 2.75) is 65.0 Å². The fourth-order valence-corrected chi connectivity index (χ4v) is 6.15. The number of carboxylic acids is 2. The van der Waals surface area contributed by atoms with Gasteiger partial charge in [0.15, 0.2) is 0 Å². The highest BCUT2D eigenvalue weighted by Gasteiger charge is 2.52. The van der Waals surface area contributed by atoms with E-state index < -0.39 is 18.0 Å². The fourth-order valence-electron chi connectivity index (χ4n) is 6.15. The molecule has 2 aromatic rings. The lowest BCUT2D eigenvalue weighted by molar-refractivity contribution is -0.144. The van der Waals surface area contributed by atoms with Crippen molar-refractivity contribution in [1.82, 2.24) is 9.88 Å². The molecule has 4 N–H and O–H groups in total. The van der Waals surface area contributed by atoms with Crippen molar-refractivity contribution in [3.8, 4) is 0 Å². The zero-order valence-corrected chi connectivity index (χ0v) is 18.8. The van der Waals surface area contributed by atoms with E-state index in [0.717, 1.165) is 36.7 Å². The summed E-state index contributed by atoms with van der Waals surface area (Å²) in [7, 11) is 0. The highest BCUT2D eigenvalue weighted by Crippen LogP contribution is 2.54. The van der Waals surface area contributed by atoms with Crippen LogP contribution < -0.4 is 5.32 Å². The summed E-state index contributed by atoms with van der Waals surface area (Å²) < 4.78 is 0. The molecule has 4 rings (SSSR count). The third-order valence-corrected chi connectivity index (χ3v) is 6.88. The van der Waals surface area contributed by atoms with E-state index in [9.17, 15) is 19.5 Å². The molecule has 172 valence electrons. The average Bonchev–Trinajstić information content (AvgIpc) is 3.17. The van der Waals surface area contributed by atoms with E-state index in [0.29, 0.717) is 11.3 Å². The number of nitrogens with one attached hydrogen (secondary N) is 2. The van der Waals surface area contributed by atoms with Crippen LogP contribution in [0.4, 0.5) is 5.69 Å². The van der Waals surface area contributed by atoms with E-state index in [1.54, 1.807) is 24.4 Å². The first-order chi connectivity index (χ1) is 15.0. The number of carbonyl (C=O) groups excluding carboxylic acids is 1. The summed E-state index contributed by atoms with van der Waals surface area (Å²) in [5.74, 6) is -2.29. The van der Waals surface area contributed by atoms with Crippen LogP contribution in [0.2, 0.25) is 0 Å². The number of carboxylic acid groups (broad SMARTS) is 2. The Balaban J connectivity index is 1.64. The van der Waals surface area contributed by atoms with Crippen LogP contribution in [0.15, 0.2) is 24.4 Å². The number of benzene rings is 1. The van der Waals surface area contributed by atoms with Crippen molar-refractivity contribution >= 4 is 34.4 Å². The summed E-state index contributed by atoms with van der Waals surface area (Å²) in [4.78, 5) is 40.6. The van der Waals surface area contributed by atoms with E-state index in [2.05, 4.69) is 36.0 Å². The number of nitrogens with zero attached hydrogens (tertiary/aromatic N) is 1. The van der Waals surface area contributed by atoms with Gasteiger partial charge >= 0.3 is 11.9 Å². The second-order valence-electron chi connectivity index (χ2n) is 10.6. The largest absolute Gasteiger partial charge is 0.481 e. The number of H-pyrrole nitrogens is 1. The van der Waals surface area contributed by atoms with Crippen molar-refractivity contribution in [1.29, 1.82) is 0 Å². The van der Waals surface area contributed by atoms with Gasteiger partial charge in [0.1, 0.15) is 6.04 Å². The molecule has 1 saturated carbocycles. The lowest BCUT2D eigenvalue weighted by Crippen LogP contribution is -2.39. The van der Waals surface area contributed by atoms with Crippen LogP contribution in [0.1, 0.15) is 64.5 Å². The molecule has 1 aromatic heterocycles. The summed E-state index contributed by atoms with van der Waals surface area (Å²) in [6, 6.07) is 4.74. The maximum Gasteiger partial charge on any atom is 0.325 e. The molecule has 1 aliphatic heterocycles. The summed E-state index contributed by atoms with van der Waals surface area (Å²) in [6.07, 6.45) is 4.47. The van der Waals surface area contributed by atoms with E-state index in [4.69, 9.17) is 5.11 Å². The SMILES string of the molecule is CC1(C)C[C@H]2C[C@](C)(CN2[C@H](C(=O)O)c2c[nH]c3ccc(NC(=O)CCC(=O)O)cc23)C1. The standard InChI is InChI=1S/C24H31N3O5/c1-23(2)9-15-10-24(3,12-23)13-27(15)21(22(31)32)17-11-25-18-5-4-14(8-16(17)18)26-19(28)6-7-20(29)30/h4-5,8,11,15,21,25H,6-7,9-10,12-13H2,1-3H3,(H,26,28)(H,29,30)(H,31,32)/t15-,21-,24-/m0/s1. The minimum Gasteiger partial charge on any atom is -0.481 e. The molecule has 0 radical (unpaired) electrons. The van der Waals surface area contributed by atoms with Crippen molar-refractivity contribution < 1.29 is 24.6 Å². The number of likely N-dealkylation sites (tertiary alicyclic amines) is 1. The number of aliphatic carboxylic acids is 2. The number of anilines is 1. The van der Waals surface area contributed by atoms with Gasteiger partial charge in [0.05, 0.1) is 6.42 Å². The molecule has 2 aliphatic rings. The molecule has 1 amide bonds. The monoisotopic (exact) mass is 441 g/mol. The van der Waals surface area contributed by atoms with Crippen molar-refractivity contribution in [3.63, 3.8) is 0 Å². The van der Waals surface area contributed by atoms with E-state index in [-0.39, 0.29) is 35.6 Å². The van der Waals surface area contributed by atoms with Crippen LogP contribution >= 0.6 is 0 Å². The average molecular weight is 442 g/mol. The second-order valence-corrected chi connectivity index (χ2v) is 10.6. The van der Waals surface area contributed by atoms with Gasteiger partial charge < -0.3 is 20.5 Å². The summed E-state index contributed by atoms with van der Waals surface area (Å²) in [6.45, 7) is 7.54. The Hall–Kier alpha value is -2.87. The van der Waals surface area contributed by atoms with Crippen LogP contribution in [0.5, 0.6) is 0 Å². The second kappa shape index (κ2) is 7.92. The third kappa shape index (κ3) is 4.37. The Kier molecular flexibility index (Phi) is 5.53. The molecule has 3 atom stereocenters. The zero-order chi connectivity index (χ0) is 23.3. The third-order valence-electron chi connectivity index (χ3n) is 6.88. The van der Waals surface area contributed by atoms with Crippen LogP contribution in [0.25, 0.3) is 10.9 Å². The van der Waals surface area contributed by atoms with Crippen molar-refractivity contribution in [2.75, 3.05) is 11.9 Å².